The number of nitrogens with two attached hydrogens (primary N) is 1. The number of fused-ring (bicyclic) bond motifs is 1. The van der Waals surface area contributed by atoms with Gasteiger partial charge < -0.3 is 15.2 Å². The maximum Gasteiger partial charge on any atom is 0.127 e. The predicted octanol–water partition coefficient (Wildman–Crippen LogP) is 3.38. The van der Waals surface area contributed by atoms with Crippen LogP contribution in [0.3, 0.4) is 0 Å². The Kier molecular flexibility index (Phi) is 3.84. The highest BCUT2D eigenvalue weighted by Gasteiger charge is 2.21. The van der Waals surface area contributed by atoms with Gasteiger partial charge in [0.25, 0.3) is 0 Å². The van der Waals surface area contributed by atoms with E-state index in [1.54, 1.807) is 7.11 Å². The molecule has 0 amide bonds. The predicted molar refractivity (Wildman–Crippen MR) is 84.0 cm³/mol. The molecule has 2 aromatic rings. The number of para-hydroxylation sites is 1. The normalized spacial score (nSPS) is 15.0. The van der Waals surface area contributed by atoms with E-state index >= 15 is 0 Å². The Morgan fingerprint density at radius 3 is 2.86 bits per heavy atom. The summed E-state index contributed by atoms with van der Waals surface area (Å²) in [4.78, 5) is 0. The number of methoxy groups -OCH3 is 1. The maximum atomic E-state index is 6.51. The van der Waals surface area contributed by atoms with Crippen LogP contribution in [0.1, 0.15) is 34.7 Å². The Morgan fingerprint density at radius 2 is 2.05 bits per heavy atom. The number of ether oxygens (including phenoxy) is 2. The van der Waals surface area contributed by atoms with Gasteiger partial charge in [-0.2, -0.15) is 0 Å². The summed E-state index contributed by atoms with van der Waals surface area (Å²) in [6.45, 7) is 2.81. The van der Waals surface area contributed by atoms with Crippen molar-refractivity contribution in [3.8, 4) is 11.5 Å². The molecular weight excluding hydrogens is 262 g/mol. The summed E-state index contributed by atoms with van der Waals surface area (Å²) in [5.74, 6) is 1.79. The lowest BCUT2D eigenvalue weighted by Gasteiger charge is -2.24. The van der Waals surface area contributed by atoms with Crippen molar-refractivity contribution in [3.63, 3.8) is 0 Å². The average Bonchev–Trinajstić information content (AvgIpc) is 2.53. The molecule has 3 heteroatoms. The lowest BCUT2D eigenvalue weighted by atomic mass is 9.93. The first-order valence-corrected chi connectivity index (χ1v) is 7.35. The smallest absolute Gasteiger partial charge is 0.127 e. The second kappa shape index (κ2) is 5.78. The zero-order chi connectivity index (χ0) is 14.8. The minimum Gasteiger partial charge on any atom is -0.496 e. The standard InChI is InChI=1S/C18H21NO2/c1-12-8-9-14(16(11-12)20-2)17(19)15-7-3-5-13-6-4-10-21-18(13)15/h3,5,7-9,11,17H,4,6,10,19H2,1-2H3. The highest BCUT2D eigenvalue weighted by Crippen LogP contribution is 2.37. The topological polar surface area (TPSA) is 44.5 Å². The van der Waals surface area contributed by atoms with E-state index in [0.717, 1.165) is 47.6 Å². The van der Waals surface area contributed by atoms with Crippen LogP contribution >= 0.6 is 0 Å². The molecule has 0 spiro atoms. The maximum absolute atomic E-state index is 6.51. The Balaban J connectivity index is 2.05. The Bertz CT molecular complexity index is 652. The molecule has 0 aromatic heterocycles. The average molecular weight is 283 g/mol. The first kappa shape index (κ1) is 14.0. The third-order valence-corrected chi connectivity index (χ3v) is 4.02. The van der Waals surface area contributed by atoms with Crippen LogP contribution in [-0.4, -0.2) is 13.7 Å². The summed E-state index contributed by atoms with van der Waals surface area (Å²) >= 11 is 0. The van der Waals surface area contributed by atoms with Gasteiger partial charge in [0.1, 0.15) is 11.5 Å². The van der Waals surface area contributed by atoms with Gasteiger partial charge in [-0.15, -0.1) is 0 Å². The van der Waals surface area contributed by atoms with Gasteiger partial charge in [0.2, 0.25) is 0 Å². The van der Waals surface area contributed by atoms with Gasteiger partial charge in [-0.3, -0.25) is 0 Å². The third kappa shape index (κ3) is 2.61. The molecule has 0 fully saturated rings. The highest BCUT2D eigenvalue weighted by molar-refractivity contribution is 5.50. The van der Waals surface area contributed by atoms with Crippen molar-refractivity contribution >= 4 is 0 Å². The fourth-order valence-electron chi connectivity index (χ4n) is 2.90. The summed E-state index contributed by atoms with van der Waals surface area (Å²) in [5.41, 5.74) is 10.9. The highest BCUT2D eigenvalue weighted by atomic mass is 16.5. The summed E-state index contributed by atoms with van der Waals surface area (Å²) in [7, 11) is 1.68. The summed E-state index contributed by atoms with van der Waals surface area (Å²) in [6, 6.07) is 12.1. The van der Waals surface area contributed by atoms with E-state index in [2.05, 4.69) is 18.2 Å². The first-order chi connectivity index (χ1) is 10.2. The van der Waals surface area contributed by atoms with E-state index in [4.69, 9.17) is 15.2 Å². The van der Waals surface area contributed by atoms with Gasteiger partial charge in [0.15, 0.2) is 0 Å². The number of hydrogen-bond donors (Lipinski definition) is 1. The van der Waals surface area contributed by atoms with E-state index in [1.807, 2.05) is 25.1 Å². The molecule has 1 atom stereocenters. The molecule has 3 rings (SSSR count). The SMILES string of the molecule is COc1cc(C)ccc1C(N)c1cccc2c1OCCC2. The Morgan fingerprint density at radius 1 is 1.19 bits per heavy atom. The molecule has 1 aliphatic rings. The summed E-state index contributed by atoms with van der Waals surface area (Å²) in [6.07, 6.45) is 2.13. The van der Waals surface area contributed by atoms with Crippen molar-refractivity contribution in [2.24, 2.45) is 5.73 Å². The molecule has 0 radical (unpaired) electrons. The van der Waals surface area contributed by atoms with Crippen LogP contribution in [0.2, 0.25) is 0 Å². The van der Waals surface area contributed by atoms with E-state index in [0.29, 0.717) is 0 Å². The Hall–Kier alpha value is -2.00. The first-order valence-electron chi connectivity index (χ1n) is 7.35. The van der Waals surface area contributed by atoms with E-state index < -0.39 is 0 Å². The Labute approximate surface area is 125 Å². The molecule has 2 N–H and O–H groups in total. The van der Waals surface area contributed by atoms with Gasteiger partial charge in [0, 0.05) is 11.1 Å². The molecule has 0 saturated heterocycles. The van der Waals surface area contributed by atoms with Crippen molar-refractivity contribution in [1.82, 2.24) is 0 Å². The largest absolute Gasteiger partial charge is 0.496 e. The molecular formula is C18H21NO2. The van der Waals surface area contributed by atoms with Crippen molar-refractivity contribution in [2.45, 2.75) is 25.8 Å². The number of benzene rings is 2. The molecule has 21 heavy (non-hydrogen) atoms. The molecule has 110 valence electrons. The van der Waals surface area contributed by atoms with Crippen LogP contribution in [0.15, 0.2) is 36.4 Å². The van der Waals surface area contributed by atoms with Gasteiger partial charge >= 0.3 is 0 Å². The lowest BCUT2D eigenvalue weighted by molar-refractivity contribution is 0.284. The van der Waals surface area contributed by atoms with Crippen molar-refractivity contribution in [1.29, 1.82) is 0 Å². The van der Waals surface area contributed by atoms with E-state index in [9.17, 15) is 0 Å². The third-order valence-electron chi connectivity index (χ3n) is 4.02. The van der Waals surface area contributed by atoms with Crippen molar-refractivity contribution < 1.29 is 9.47 Å². The molecule has 1 aliphatic heterocycles. The van der Waals surface area contributed by atoms with Crippen molar-refractivity contribution in [2.75, 3.05) is 13.7 Å². The molecule has 0 saturated carbocycles. The molecule has 2 aromatic carbocycles. The number of aryl methyl sites for hydroxylation is 2. The molecule has 1 heterocycles. The monoisotopic (exact) mass is 283 g/mol. The number of rotatable bonds is 3. The van der Waals surface area contributed by atoms with Crippen LogP contribution < -0.4 is 15.2 Å². The summed E-state index contributed by atoms with van der Waals surface area (Å²) < 4.78 is 11.4. The van der Waals surface area contributed by atoms with Crippen LogP contribution in [0, 0.1) is 6.92 Å². The molecule has 0 aliphatic carbocycles. The van der Waals surface area contributed by atoms with Crippen LogP contribution in [0.25, 0.3) is 0 Å². The van der Waals surface area contributed by atoms with Gasteiger partial charge in [-0.25, -0.2) is 0 Å². The second-order valence-electron chi connectivity index (χ2n) is 5.51. The van der Waals surface area contributed by atoms with Crippen molar-refractivity contribution in [3.05, 3.63) is 58.7 Å². The van der Waals surface area contributed by atoms with Crippen LogP contribution in [0.4, 0.5) is 0 Å². The fraction of sp³-hybridized carbons (Fsp3) is 0.333. The fourth-order valence-corrected chi connectivity index (χ4v) is 2.90. The van der Waals surface area contributed by atoms with Gasteiger partial charge in [-0.1, -0.05) is 30.3 Å². The minimum atomic E-state index is -0.242. The molecule has 3 nitrogen and oxygen atoms in total. The van der Waals surface area contributed by atoms with Crippen LogP contribution in [-0.2, 0) is 6.42 Å². The second-order valence-corrected chi connectivity index (χ2v) is 5.51. The zero-order valence-electron chi connectivity index (χ0n) is 12.6. The van der Waals surface area contributed by atoms with Crippen LogP contribution in [0.5, 0.6) is 11.5 Å². The van der Waals surface area contributed by atoms with E-state index in [-0.39, 0.29) is 6.04 Å². The van der Waals surface area contributed by atoms with Gasteiger partial charge in [0.05, 0.1) is 19.8 Å². The minimum absolute atomic E-state index is 0.242. The molecule has 0 bridgehead atoms. The quantitative estimate of drug-likeness (QED) is 0.939. The summed E-state index contributed by atoms with van der Waals surface area (Å²) in [5, 5.41) is 0. The van der Waals surface area contributed by atoms with Gasteiger partial charge in [-0.05, 0) is 37.0 Å². The number of hydrogen-bond acceptors (Lipinski definition) is 3. The van der Waals surface area contributed by atoms with E-state index in [1.165, 1.54) is 5.56 Å². The zero-order valence-corrected chi connectivity index (χ0v) is 12.6. The molecule has 1 unspecified atom stereocenters. The lowest BCUT2D eigenvalue weighted by Crippen LogP contribution is -2.18.